The van der Waals surface area contributed by atoms with Crippen LogP contribution in [0.1, 0.15) is 61.9 Å². The summed E-state index contributed by atoms with van der Waals surface area (Å²) in [4.78, 5) is 8.28. The van der Waals surface area contributed by atoms with Crippen molar-refractivity contribution < 1.29 is 0 Å². The van der Waals surface area contributed by atoms with E-state index in [0.717, 1.165) is 12.1 Å². The van der Waals surface area contributed by atoms with E-state index in [-0.39, 0.29) is 0 Å². The van der Waals surface area contributed by atoms with Crippen molar-refractivity contribution in [2.75, 3.05) is 6.54 Å². The Hall–Kier alpha value is -1.35. The fourth-order valence-corrected chi connectivity index (χ4v) is 3.28. The van der Waals surface area contributed by atoms with Crippen LogP contribution in [0.2, 0.25) is 0 Å². The molecule has 1 aliphatic heterocycles. The third-order valence-electron chi connectivity index (χ3n) is 4.73. The zero-order valence-electron chi connectivity index (χ0n) is 11.3. The van der Waals surface area contributed by atoms with Gasteiger partial charge in [0.1, 0.15) is 5.82 Å². The lowest BCUT2D eigenvalue weighted by Gasteiger charge is -2.23. The quantitative estimate of drug-likeness (QED) is 0.860. The van der Waals surface area contributed by atoms with Crippen LogP contribution in [-0.2, 0) is 0 Å². The number of nitrogens with one attached hydrogen (secondary N) is 2. The summed E-state index contributed by atoms with van der Waals surface area (Å²) >= 11 is 0. The van der Waals surface area contributed by atoms with Gasteiger partial charge in [0.25, 0.3) is 0 Å². The predicted molar refractivity (Wildman–Crippen MR) is 77.3 cm³/mol. The summed E-state index contributed by atoms with van der Waals surface area (Å²) in [6.45, 7) is 1.15. The van der Waals surface area contributed by atoms with E-state index in [1.807, 2.05) is 0 Å². The molecule has 0 amide bonds. The molecule has 19 heavy (non-hydrogen) atoms. The Labute approximate surface area is 113 Å². The molecule has 0 radical (unpaired) electrons. The lowest BCUT2D eigenvalue weighted by Crippen LogP contribution is -2.26. The van der Waals surface area contributed by atoms with Crippen LogP contribution in [0.5, 0.6) is 0 Å². The van der Waals surface area contributed by atoms with E-state index < -0.39 is 0 Å². The van der Waals surface area contributed by atoms with Crippen molar-refractivity contribution in [2.24, 2.45) is 0 Å². The molecule has 1 aromatic carbocycles. The van der Waals surface area contributed by atoms with Crippen LogP contribution in [0.15, 0.2) is 18.2 Å². The standard InChI is InChI=1S/C16H21N3/c1-2-9-17-13(6-1)12-7-8-14-15(10-12)19-16(18-14)11-4-3-5-11/h7-8,10-11,13,17H,1-6,9H2,(H,18,19). The molecule has 0 spiro atoms. The van der Waals surface area contributed by atoms with Crippen LogP contribution in [0.3, 0.4) is 0 Å². The molecule has 0 bridgehead atoms. The van der Waals surface area contributed by atoms with Crippen LogP contribution in [0, 0.1) is 0 Å². The van der Waals surface area contributed by atoms with E-state index in [2.05, 4.69) is 28.5 Å². The van der Waals surface area contributed by atoms with Gasteiger partial charge < -0.3 is 10.3 Å². The average molecular weight is 255 g/mol. The normalized spacial score (nSPS) is 24.5. The summed E-state index contributed by atoms with van der Waals surface area (Å²) in [5, 5.41) is 3.62. The van der Waals surface area contributed by atoms with E-state index in [1.54, 1.807) is 0 Å². The lowest BCUT2D eigenvalue weighted by atomic mass is 9.85. The third kappa shape index (κ3) is 2.06. The fourth-order valence-electron chi connectivity index (χ4n) is 3.28. The smallest absolute Gasteiger partial charge is 0.110 e. The Morgan fingerprint density at radius 2 is 2.00 bits per heavy atom. The van der Waals surface area contributed by atoms with Crippen molar-refractivity contribution in [1.82, 2.24) is 15.3 Å². The van der Waals surface area contributed by atoms with E-state index >= 15 is 0 Å². The van der Waals surface area contributed by atoms with Gasteiger partial charge in [-0.05, 0) is 49.9 Å². The van der Waals surface area contributed by atoms with Crippen LogP contribution in [0.4, 0.5) is 0 Å². The minimum absolute atomic E-state index is 0.536. The molecule has 2 N–H and O–H groups in total. The topological polar surface area (TPSA) is 40.7 Å². The van der Waals surface area contributed by atoms with Crippen molar-refractivity contribution in [3.8, 4) is 0 Å². The minimum Gasteiger partial charge on any atom is -0.342 e. The highest BCUT2D eigenvalue weighted by atomic mass is 14.9. The second-order valence-electron chi connectivity index (χ2n) is 6.03. The zero-order chi connectivity index (χ0) is 12.7. The Morgan fingerprint density at radius 3 is 2.74 bits per heavy atom. The summed E-state index contributed by atoms with van der Waals surface area (Å²) < 4.78 is 0. The number of hydrogen-bond donors (Lipinski definition) is 2. The molecule has 2 aromatic rings. The van der Waals surface area contributed by atoms with Crippen LogP contribution in [-0.4, -0.2) is 16.5 Å². The number of fused-ring (bicyclic) bond motifs is 1. The Kier molecular flexibility index (Phi) is 2.80. The first kappa shape index (κ1) is 11.5. The molecular weight excluding hydrogens is 234 g/mol. The highest BCUT2D eigenvalue weighted by Gasteiger charge is 2.23. The molecule has 1 atom stereocenters. The van der Waals surface area contributed by atoms with Crippen molar-refractivity contribution in [2.45, 2.75) is 50.5 Å². The van der Waals surface area contributed by atoms with Gasteiger partial charge in [-0.3, -0.25) is 0 Å². The first-order valence-electron chi connectivity index (χ1n) is 7.63. The van der Waals surface area contributed by atoms with Crippen LogP contribution < -0.4 is 5.32 Å². The largest absolute Gasteiger partial charge is 0.342 e. The van der Waals surface area contributed by atoms with Crippen molar-refractivity contribution in [3.05, 3.63) is 29.6 Å². The molecule has 3 heteroatoms. The molecule has 3 nitrogen and oxygen atoms in total. The third-order valence-corrected chi connectivity index (χ3v) is 4.73. The SMILES string of the molecule is c1cc2nc(C3CCC3)[nH]c2cc1C1CCCCN1. The first-order valence-corrected chi connectivity index (χ1v) is 7.63. The zero-order valence-corrected chi connectivity index (χ0v) is 11.3. The molecule has 1 saturated carbocycles. The van der Waals surface area contributed by atoms with E-state index in [4.69, 9.17) is 4.98 Å². The molecule has 2 fully saturated rings. The molecule has 100 valence electrons. The molecule has 1 aliphatic carbocycles. The number of nitrogens with zero attached hydrogens (tertiary/aromatic N) is 1. The van der Waals surface area contributed by atoms with Gasteiger partial charge in [0, 0.05) is 12.0 Å². The van der Waals surface area contributed by atoms with Gasteiger partial charge in [0.05, 0.1) is 11.0 Å². The summed E-state index contributed by atoms with van der Waals surface area (Å²) in [6.07, 6.45) is 7.88. The summed E-state index contributed by atoms with van der Waals surface area (Å²) in [7, 11) is 0. The van der Waals surface area contributed by atoms with Gasteiger partial charge in [-0.1, -0.05) is 18.9 Å². The molecule has 2 aliphatic rings. The molecule has 2 heterocycles. The highest BCUT2D eigenvalue weighted by Crippen LogP contribution is 2.35. The number of aromatic nitrogens is 2. The van der Waals surface area contributed by atoms with Crippen molar-refractivity contribution >= 4 is 11.0 Å². The number of imidazole rings is 1. The van der Waals surface area contributed by atoms with Gasteiger partial charge >= 0.3 is 0 Å². The number of rotatable bonds is 2. The summed E-state index contributed by atoms with van der Waals surface area (Å²) in [5.74, 6) is 1.89. The number of aromatic amines is 1. The second-order valence-corrected chi connectivity index (χ2v) is 6.03. The Balaban J connectivity index is 1.65. The highest BCUT2D eigenvalue weighted by molar-refractivity contribution is 5.76. The van der Waals surface area contributed by atoms with Gasteiger partial charge in [-0.2, -0.15) is 0 Å². The number of benzene rings is 1. The molecule has 1 saturated heterocycles. The maximum atomic E-state index is 4.75. The van der Waals surface area contributed by atoms with Crippen LogP contribution >= 0.6 is 0 Å². The fraction of sp³-hybridized carbons (Fsp3) is 0.562. The second kappa shape index (κ2) is 4.64. The molecule has 1 aromatic heterocycles. The van der Waals surface area contributed by atoms with Gasteiger partial charge in [0.15, 0.2) is 0 Å². The van der Waals surface area contributed by atoms with Gasteiger partial charge in [0.2, 0.25) is 0 Å². The summed E-state index contributed by atoms with van der Waals surface area (Å²) in [5.41, 5.74) is 3.75. The Bertz CT molecular complexity index is 577. The first-order chi connectivity index (χ1) is 9.40. The number of piperidine rings is 1. The molecular formula is C16H21N3. The monoisotopic (exact) mass is 255 g/mol. The van der Waals surface area contributed by atoms with Crippen molar-refractivity contribution in [3.63, 3.8) is 0 Å². The number of hydrogen-bond acceptors (Lipinski definition) is 2. The minimum atomic E-state index is 0.536. The average Bonchev–Trinajstić information content (AvgIpc) is 2.79. The summed E-state index contributed by atoms with van der Waals surface area (Å²) in [6, 6.07) is 7.26. The predicted octanol–water partition coefficient (Wildman–Crippen LogP) is 3.65. The molecule has 1 unspecified atom stereocenters. The van der Waals surface area contributed by atoms with Gasteiger partial charge in [-0.15, -0.1) is 0 Å². The van der Waals surface area contributed by atoms with E-state index in [9.17, 15) is 0 Å². The van der Waals surface area contributed by atoms with Gasteiger partial charge in [-0.25, -0.2) is 4.98 Å². The van der Waals surface area contributed by atoms with Crippen molar-refractivity contribution in [1.29, 1.82) is 0 Å². The van der Waals surface area contributed by atoms with Crippen LogP contribution in [0.25, 0.3) is 11.0 Å². The van der Waals surface area contributed by atoms with E-state index in [0.29, 0.717) is 12.0 Å². The molecule has 4 rings (SSSR count). The Morgan fingerprint density at radius 1 is 1.05 bits per heavy atom. The van der Waals surface area contributed by atoms with E-state index in [1.165, 1.54) is 55.4 Å². The maximum Gasteiger partial charge on any atom is 0.110 e. The number of H-pyrrole nitrogens is 1. The maximum absolute atomic E-state index is 4.75. The lowest BCUT2D eigenvalue weighted by molar-refractivity contribution is 0.404.